The van der Waals surface area contributed by atoms with Crippen molar-refractivity contribution in [1.29, 1.82) is 0 Å². The summed E-state index contributed by atoms with van der Waals surface area (Å²) in [4.78, 5) is 32.5. The number of aryl methyl sites for hydroxylation is 1. The fourth-order valence-electron chi connectivity index (χ4n) is 4.98. The van der Waals surface area contributed by atoms with Crippen molar-refractivity contribution in [1.82, 2.24) is 25.3 Å². The second-order valence-electron chi connectivity index (χ2n) is 9.32. The summed E-state index contributed by atoms with van der Waals surface area (Å²) in [6.45, 7) is 5.08. The Bertz CT molecular complexity index is 1190. The van der Waals surface area contributed by atoms with Crippen LogP contribution in [0.15, 0.2) is 30.6 Å². The predicted octanol–water partition coefficient (Wildman–Crippen LogP) is 3.10. The van der Waals surface area contributed by atoms with E-state index in [9.17, 15) is 4.79 Å². The first kappa shape index (κ1) is 23.4. The molecule has 3 heterocycles. The summed E-state index contributed by atoms with van der Waals surface area (Å²) in [6.07, 6.45) is 8.34. The van der Waals surface area contributed by atoms with Gasteiger partial charge in [0.25, 0.3) is 5.91 Å². The first-order chi connectivity index (χ1) is 17.1. The molecule has 1 N–H and O–H groups in total. The molecule has 0 unspecified atom stereocenters. The highest BCUT2D eigenvalue weighted by molar-refractivity contribution is 5.92. The van der Waals surface area contributed by atoms with Gasteiger partial charge in [0.15, 0.2) is 0 Å². The van der Waals surface area contributed by atoms with Gasteiger partial charge in [0, 0.05) is 56.4 Å². The number of nitrogens with one attached hydrogen (secondary N) is 1. The van der Waals surface area contributed by atoms with E-state index in [-0.39, 0.29) is 12.0 Å². The van der Waals surface area contributed by atoms with E-state index >= 15 is 0 Å². The average molecular weight is 477 g/mol. The van der Waals surface area contributed by atoms with E-state index in [4.69, 9.17) is 9.47 Å². The Balaban J connectivity index is 1.26. The van der Waals surface area contributed by atoms with Crippen molar-refractivity contribution in [2.75, 3.05) is 38.3 Å². The number of rotatable bonds is 6. The van der Waals surface area contributed by atoms with Crippen molar-refractivity contribution >= 4 is 22.6 Å². The number of fused-ring (bicyclic) bond motifs is 1. The number of aromatic nitrogens is 4. The number of hydrogen-bond acceptors (Lipinski definition) is 8. The van der Waals surface area contributed by atoms with Gasteiger partial charge < -0.3 is 19.7 Å². The third-order valence-electron chi connectivity index (χ3n) is 6.82. The van der Waals surface area contributed by atoms with Gasteiger partial charge in [-0.3, -0.25) is 9.78 Å². The van der Waals surface area contributed by atoms with Gasteiger partial charge in [-0.15, -0.1) is 0 Å². The molecule has 0 bridgehead atoms. The van der Waals surface area contributed by atoms with E-state index in [1.165, 1.54) is 0 Å². The van der Waals surface area contributed by atoms with Gasteiger partial charge in [-0.1, -0.05) is 0 Å². The van der Waals surface area contributed by atoms with Crippen LogP contribution in [-0.4, -0.2) is 65.3 Å². The lowest BCUT2D eigenvalue weighted by atomic mass is 9.85. The zero-order chi connectivity index (χ0) is 24.2. The van der Waals surface area contributed by atoms with E-state index in [0.717, 1.165) is 92.4 Å². The monoisotopic (exact) mass is 476 g/mol. The van der Waals surface area contributed by atoms with Crippen LogP contribution in [0.25, 0.3) is 11.0 Å². The quantitative estimate of drug-likeness (QED) is 0.579. The number of anilines is 1. The Kier molecular flexibility index (Phi) is 7.03. The molecule has 0 atom stereocenters. The molecule has 1 aromatic carbocycles. The first-order valence-electron chi connectivity index (χ1n) is 12.4. The largest absolute Gasteiger partial charge is 0.488 e. The maximum absolute atomic E-state index is 12.0. The van der Waals surface area contributed by atoms with Crippen LogP contribution in [0.5, 0.6) is 5.75 Å². The van der Waals surface area contributed by atoms with Crippen molar-refractivity contribution in [2.24, 2.45) is 5.92 Å². The highest BCUT2D eigenvalue weighted by atomic mass is 16.5. The van der Waals surface area contributed by atoms with Gasteiger partial charge in [0.05, 0.1) is 24.8 Å². The number of nitrogens with zero attached hydrogens (tertiary/aromatic N) is 5. The molecule has 35 heavy (non-hydrogen) atoms. The molecular formula is C26H32N6O3. The minimum atomic E-state index is -0.177. The molecule has 1 aliphatic heterocycles. The van der Waals surface area contributed by atoms with Crippen molar-refractivity contribution in [3.05, 3.63) is 47.8 Å². The van der Waals surface area contributed by atoms with Crippen LogP contribution in [0, 0.1) is 12.8 Å². The van der Waals surface area contributed by atoms with Crippen molar-refractivity contribution in [3.63, 3.8) is 0 Å². The van der Waals surface area contributed by atoms with E-state index in [2.05, 4.69) is 42.3 Å². The van der Waals surface area contributed by atoms with Crippen LogP contribution in [0.2, 0.25) is 0 Å². The van der Waals surface area contributed by atoms with Gasteiger partial charge in [0.2, 0.25) is 0 Å². The number of hydrogen-bond donors (Lipinski definition) is 1. The number of ether oxygens (including phenoxy) is 2. The number of amides is 1. The standard InChI is InChI=1S/C26H32N6O3/c1-17-13-22(26(33)27-2)31-24(30-17)14-18-3-5-20(6-4-18)35-23-16-19(32-9-11-34-12-10-32)15-21-25(23)29-8-7-28-21/h7-8,13,15-16,18,20H,3-6,9-12,14H2,1-2H3,(H,27,33). The lowest BCUT2D eigenvalue weighted by molar-refractivity contribution is 0.0957. The minimum absolute atomic E-state index is 0.135. The van der Waals surface area contributed by atoms with Crippen LogP contribution in [0.1, 0.15) is 47.7 Å². The summed E-state index contributed by atoms with van der Waals surface area (Å²) in [5.74, 6) is 1.85. The fourth-order valence-corrected chi connectivity index (χ4v) is 4.98. The summed E-state index contributed by atoms with van der Waals surface area (Å²) in [7, 11) is 1.62. The Labute approximate surface area is 205 Å². The number of carbonyl (C=O) groups is 1. The summed E-state index contributed by atoms with van der Waals surface area (Å²) >= 11 is 0. The molecule has 2 fully saturated rings. The van der Waals surface area contributed by atoms with Gasteiger partial charge in [-0.25, -0.2) is 15.0 Å². The molecule has 0 radical (unpaired) electrons. The topological polar surface area (TPSA) is 102 Å². The Morgan fingerprint density at radius 3 is 2.63 bits per heavy atom. The normalized spacial score (nSPS) is 20.6. The second-order valence-corrected chi connectivity index (χ2v) is 9.32. The third-order valence-corrected chi connectivity index (χ3v) is 6.82. The fraction of sp³-hybridized carbons (Fsp3) is 0.500. The Morgan fingerprint density at radius 2 is 1.86 bits per heavy atom. The number of morpholine rings is 1. The maximum atomic E-state index is 12.0. The molecule has 3 aromatic rings. The predicted molar refractivity (Wildman–Crippen MR) is 133 cm³/mol. The smallest absolute Gasteiger partial charge is 0.269 e. The molecule has 1 aliphatic carbocycles. The lowest BCUT2D eigenvalue weighted by Gasteiger charge is -2.31. The van der Waals surface area contributed by atoms with Crippen molar-refractivity contribution < 1.29 is 14.3 Å². The summed E-state index contributed by atoms with van der Waals surface area (Å²) in [5, 5.41) is 2.64. The van der Waals surface area contributed by atoms with E-state index in [1.807, 2.05) is 6.92 Å². The van der Waals surface area contributed by atoms with Crippen molar-refractivity contribution in [3.8, 4) is 5.75 Å². The Morgan fingerprint density at radius 1 is 1.09 bits per heavy atom. The minimum Gasteiger partial charge on any atom is -0.488 e. The lowest BCUT2D eigenvalue weighted by Crippen LogP contribution is -2.36. The van der Waals surface area contributed by atoms with Crippen molar-refractivity contribution in [2.45, 2.75) is 45.1 Å². The summed E-state index contributed by atoms with van der Waals surface area (Å²) < 4.78 is 12.1. The van der Waals surface area contributed by atoms with Gasteiger partial charge in [0.1, 0.15) is 22.8 Å². The second kappa shape index (κ2) is 10.5. The molecule has 2 aliphatic rings. The summed E-state index contributed by atoms with van der Waals surface area (Å²) in [6, 6.07) is 5.92. The molecular weight excluding hydrogens is 444 g/mol. The average Bonchev–Trinajstić information content (AvgIpc) is 2.89. The molecule has 0 spiro atoms. The van der Waals surface area contributed by atoms with Crippen LogP contribution >= 0.6 is 0 Å². The van der Waals surface area contributed by atoms with E-state index < -0.39 is 0 Å². The van der Waals surface area contributed by atoms with Crippen LogP contribution in [-0.2, 0) is 11.2 Å². The Hall–Kier alpha value is -3.33. The zero-order valence-electron chi connectivity index (χ0n) is 20.4. The third kappa shape index (κ3) is 5.51. The maximum Gasteiger partial charge on any atom is 0.269 e. The van der Waals surface area contributed by atoms with E-state index in [1.54, 1.807) is 25.5 Å². The highest BCUT2D eigenvalue weighted by Crippen LogP contribution is 2.34. The molecule has 184 valence electrons. The molecule has 1 amide bonds. The van der Waals surface area contributed by atoms with E-state index in [0.29, 0.717) is 11.6 Å². The number of benzene rings is 1. The molecule has 5 rings (SSSR count). The first-order valence-corrected chi connectivity index (χ1v) is 12.4. The van der Waals surface area contributed by atoms with Gasteiger partial charge in [-0.05, 0) is 50.7 Å². The molecule has 9 heteroatoms. The summed E-state index contributed by atoms with van der Waals surface area (Å²) in [5.41, 5.74) is 4.01. The molecule has 2 aromatic heterocycles. The van der Waals surface area contributed by atoms with Gasteiger partial charge in [-0.2, -0.15) is 0 Å². The molecule has 9 nitrogen and oxygen atoms in total. The SMILES string of the molecule is CNC(=O)c1cc(C)nc(CC2CCC(Oc3cc(N4CCOCC4)cc4nccnc34)CC2)n1. The molecule has 1 saturated carbocycles. The highest BCUT2D eigenvalue weighted by Gasteiger charge is 2.25. The van der Waals surface area contributed by atoms with Crippen LogP contribution < -0.4 is 15.0 Å². The van der Waals surface area contributed by atoms with Crippen LogP contribution in [0.3, 0.4) is 0 Å². The van der Waals surface area contributed by atoms with Gasteiger partial charge >= 0.3 is 0 Å². The van der Waals surface area contributed by atoms with Crippen LogP contribution in [0.4, 0.5) is 5.69 Å². The number of carbonyl (C=O) groups excluding carboxylic acids is 1. The molecule has 1 saturated heterocycles. The zero-order valence-corrected chi connectivity index (χ0v) is 20.4.